The number of hydrogen-bond donors (Lipinski definition) is 2. The molecular weight excluding hydrogens is 596 g/mol. The van der Waals surface area contributed by atoms with E-state index in [1.165, 1.54) is 27.3 Å². The molecule has 13 nitrogen and oxygen atoms in total. The molecule has 0 saturated carbocycles. The molecule has 1 fully saturated rings. The number of nitrogen functional groups attached to an aromatic ring is 1. The van der Waals surface area contributed by atoms with Gasteiger partial charge >= 0.3 is 7.60 Å². The van der Waals surface area contributed by atoms with Crippen LogP contribution in [0.2, 0.25) is 0 Å². The molecule has 0 amide bonds. The average molecular weight is 628 g/mol. The Bertz CT molecular complexity index is 1520. The summed E-state index contributed by atoms with van der Waals surface area (Å²) in [4.78, 5) is 35.7. The third-order valence-corrected chi connectivity index (χ3v) is 9.24. The number of rotatable bonds is 13. The van der Waals surface area contributed by atoms with Gasteiger partial charge in [-0.15, -0.1) is 0 Å². The lowest BCUT2D eigenvalue weighted by molar-refractivity contribution is -0.120. The van der Waals surface area contributed by atoms with Gasteiger partial charge < -0.3 is 29.6 Å². The Morgan fingerprint density at radius 1 is 1.31 bits per heavy atom. The Morgan fingerprint density at radius 3 is 2.69 bits per heavy atom. The van der Waals surface area contributed by atoms with Gasteiger partial charge in [-0.05, 0) is 31.9 Å². The number of anilines is 1. The topological polar surface area (TPSA) is 178 Å². The lowest BCUT2D eigenvalue weighted by Crippen LogP contribution is -2.38. The molecule has 0 spiro atoms. The van der Waals surface area contributed by atoms with Crippen LogP contribution in [0.1, 0.15) is 39.0 Å². The highest BCUT2D eigenvalue weighted by Gasteiger charge is 2.58. The largest absolute Gasteiger partial charge is 0.479 e. The summed E-state index contributed by atoms with van der Waals surface area (Å²) in [6.45, 7) is 3.76. The number of aliphatic hydroxyl groups excluding tert-OH is 1. The summed E-state index contributed by atoms with van der Waals surface area (Å²) in [5.41, 5.74) is 6.54. The number of nitrogens with two attached hydrogens (primary N) is 1. The zero-order valence-corrected chi connectivity index (χ0v) is 25.0. The highest BCUT2D eigenvalue weighted by Crippen LogP contribution is 2.53. The van der Waals surface area contributed by atoms with E-state index < -0.39 is 43.7 Å². The van der Waals surface area contributed by atoms with E-state index in [4.69, 9.17) is 35.9 Å². The van der Waals surface area contributed by atoms with Crippen molar-refractivity contribution in [3.05, 3.63) is 36.2 Å². The van der Waals surface area contributed by atoms with E-state index >= 15 is 4.39 Å². The maximum atomic E-state index is 15.8. The van der Waals surface area contributed by atoms with Gasteiger partial charge in [0.1, 0.15) is 29.5 Å². The first-order chi connectivity index (χ1) is 19.8. The van der Waals surface area contributed by atoms with E-state index in [0.717, 1.165) is 4.57 Å². The first-order valence-corrected chi connectivity index (χ1v) is 15.1. The number of ketones is 2. The second-order valence-corrected chi connectivity index (χ2v) is 12.7. The SMILES string of the molecule is COc1nc(N)nc2c1ncn2[C@@H]1O[C@H](COP(=O)(C[C@@H](C)C(C)=O)Oc2ccccc2CCC(C)=O)C(O)[C@]1(F)Cl. The number of halogens is 2. The molecule has 228 valence electrons. The van der Waals surface area contributed by atoms with Crippen LogP contribution in [0, 0.1) is 5.92 Å². The monoisotopic (exact) mass is 627 g/mol. The number of methoxy groups -OCH3 is 1. The third-order valence-electron chi connectivity index (χ3n) is 6.82. The number of para-hydroxylation sites is 1. The maximum Gasteiger partial charge on any atom is 0.380 e. The number of nitrogens with zero attached hydrogens (tertiary/aromatic N) is 4. The molecule has 3 heterocycles. The van der Waals surface area contributed by atoms with Gasteiger partial charge in [-0.3, -0.25) is 13.9 Å². The molecule has 2 unspecified atom stereocenters. The number of aromatic nitrogens is 4. The van der Waals surface area contributed by atoms with Crippen LogP contribution in [0.25, 0.3) is 11.2 Å². The van der Waals surface area contributed by atoms with E-state index in [9.17, 15) is 19.3 Å². The minimum atomic E-state index is -4.12. The third kappa shape index (κ3) is 6.73. The molecule has 6 atom stereocenters. The summed E-state index contributed by atoms with van der Waals surface area (Å²) in [5, 5.41) is 7.89. The molecule has 3 aromatic rings. The average Bonchev–Trinajstić information content (AvgIpc) is 3.43. The molecule has 1 aliphatic heterocycles. The predicted octanol–water partition coefficient (Wildman–Crippen LogP) is 3.62. The van der Waals surface area contributed by atoms with Crippen molar-refractivity contribution in [2.24, 2.45) is 5.92 Å². The van der Waals surface area contributed by atoms with Gasteiger partial charge in [0.25, 0.3) is 5.13 Å². The van der Waals surface area contributed by atoms with E-state index in [1.54, 1.807) is 31.2 Å². The molecule has 0 aliphatic carbocycles. The molecule has 16 heteroatoms. The minimum absolute atomic E-state index is 0.0345. The molecule has 1 saturated heterocycles. The summed E-state index contributed by atoms with van der Waals surface area (Å²) in [6.07, 6.45) is -3.60. The summed E-state index contributed by atoms with van der Waals surface area (Å²) >= 11 is 6.15. The van der Waals surface area contributed by atoms with Crippen LogP contribution in [0.5, 0.6) is 11.6 Å². The van der Waals surface area contributed by atoms with E-state index in [2.05, 4.69) is 15.0 Å². The second-order valence-electron chi connectivity index (χ2n) is 10.1. The number of ether oxygens (including phenoxy) is 2. The lowest BCUT2D eigenvalue weighted by Gasteiger charge is -2.25. The van der Waals surface area contributed by atoms with Gasteiger partial charge in [0, 0.05) is 12.3 Å². The van der Waals surface area contributed by atoms with Crippen LogP contribution >= 0.6 is 19.2 Å². The van der Waals surface area contributed by atoms with Crippen LogP contribution in [0.4, 0.5) is 10.3 Å². The van der Waals surface area contributed by atoms with Gasteiger partial charge in [-0.25, -0.2) is 13.9 Å². The van der Waals surface area contributed by atoms with Crippen molar-refractivity contribution in [2.75, 3.05) is 25.6 Å². The molecule has 2 aromatic heterocycles. The van der Waals surface area contributed by atoms with Crippen molar-refractivity contribution in [1.82, 2.24) is 19.5 Å². The smallest absolute Gasteiger partial charge is 0.380 e. The molecule has 1 aromatic carbocycles. The normalized spacial score (nSPS) is 24.3. The summed E-state index contributed by atoms with van der Waals surface area (Å²) in [7, 11) is -2.77. The number of fused-ring (bicyclic) bond motifs is 1. The molecule has 1 aliphatic rings. The van der Waals surface area contributed by atoms with Crippen LogP contribution in [0.3, 0.4) is 0 Å². The quantitative estimate of drug-likeness (QED) is 0.208. The standard InChI is InChI=1S/C26H32ClFN5O8P/c1-14(16(3)35)12-42(37,41-18-8-6-5-7-17(18)10-9-15(2)34)39-11-19-21(36)26(27,28)24(40-19)33-13-30-20-22(33)31-25(29)32-23(20)38-4/h5-8,13-14,19,21,24,36H,9-12H2,1-4H3,(H2,29,31,32)/t14-,19-,21?,24-,26-,42?/m1/s1. The number of carbonyl (C=O) groups is 2. The predicted molar refractivity (Wildman–Crippen MR) is 150 cm³/mol. The first-order valence-electron chi connectivity index (χ1n) is 13.0. The number of benzene rings is 1. The Labute approximate surface area is 246 Å². The minimum Gasteiger partial charge on any atom is -0.479 e. The van der Waals surface area contributed by atoms with Crippen molar-refractivity contribution in [3.8, 4) is 11.6 Å². The number of imidazole rings is 1. The van der Waals surface area contributed by atoms with Crippen molar-refractivity contribution in [3.63, 3.8) is 0 Å². The van der Waals surface area contributed by atoms with Gasteiger partial charge in [0.15, 0.2) is 17.4 Å². The highest BCUT2D eigenvalue weighted by molar-refractivity contribution is 7.54. The Morgan fingerprint density at radius 2 is 2.02 bits per heavy atom. The number of Topliss-reactive ketones (excluding diaryl/α,β-unsaturated/α-hetero) is 2. The summed E-state index contributed by atoms with van der Waals surface area (Å²) in [6, 6.07) is 6.69. The van der Waals surface area contributed by atoms with E-state index in [-0.39, 0.29) is 52.9 Å². The van der Waals surface area contributed by atoms with Crippen LogP contribution < -0.4 is 15.0 Å². The van der Waals surface area contributed by atoms with Crippen molar-refractivity contribution < 1.29 is 42.2 Å². The molecule has 0 bridgehead atoms. The first kappa shape index (κ1) is 31.8. The van der Waals surface area contributed by atoms with Gasteiger partial charge in [0.2, 0.25) is 11.8 Å². The van der Waals surface area contributed by atoms with Crippen LogP contribution in [0.15, 0.2) is 30.6 Å². The fourth-order valence-corrected chi connectivity index (χ4v) is 6.66. The Hall–Kier alpha value is -3.16. The van der Waals surface area contributed by atoms with E-state index in [1.807, 2.05) is 0 Å². The molecule has 4 rings (SSSR count). The number of aryl methyl sites for hydroxylation is 1. The molecular formula is C26H32ClFN5O8P. The lowest BCUT2D eigenvalue weighted by atomic mass is 10.1. The zero-order chi connectivity index (χ0) is 30.8. The Balaban J connectivity index is 1.59. The number of aliphatic hydroxyl groups is 1. The fraction of sp³-hybridized carbons (Fsp3) is 0.500. The Kier molecular flexibility index (Phi) is 9.53. The van der Waals surface area contributed by atoms with Gasteiger partial charge in [0.05, 0.1) is 26.2 Å². The second kappa shape index (κ2) is 12.6. The van der Waals surface area contributed by atoms with E-state index in [0.29, 0.717) is 12.0 Å². The molecule has 42 heavy (non-hydrogen) atoms. The fourth-order valence-electron chi connectivity index (χ4n) is 4.35. The zero-order valence-electron chi connectivity index (χ0n) is 23.4. The van der Waals surface area contributed by atoms with Crippen molar-refractivity contribution in [2.45, 2.75) is 57.2 Å². The molecule has 3 N–H and O–H groups in total. The molecule has 0 radical (unpaired) electrons. The summed E-state index contributed by atoms with van der Waals surface area (Å²) in [5.74, 6) is -0.943. The number of carbonyl (C=O) groups excluding carboxylic acids is 2. The number of alkyl halides is 2. The highest BCUT2D eigenvalue weighted by atomic mass is 35.5. The van der Waals surface area contributed by atoms with Crippen LogP contribution in [-0.2, 0) is 29.8 Å². The summed E-state index contributed by atoms with van der Waals surface area (Å²) < 4.78 is 53.4. The van der Waals surface area contributed by atoms with Crippen molar-refractivity contribution >= 4 is 47.9 Å². The van der Waals surface area contributed by atoms with Gasteiger partial charge in [-0.2, -0.15) is 9.97 Å². The van der Waals surface area contributed by atoms with Gasteiger partial charge in [-0.1, -0.05) is 36.7 Å². The number of hydrogen-bond acceptors (Lipinski definition) is 12. The maximum absolute atomic E-state index is 15.8. The van der Waals surface area contributed by atoms with Crippen molar-refractivity contribution in [1.29, 1.82) is 0 Å². The van der Waals surface area contributed by atoms with Crippen LogP contribution in [-0.4, -0.2) is 73.4 Å².